The molecule has 2 amide bonds. The molecule has 1 aromatic heterocycles. The van der Waals surface area contributed by atoms with Crippen molar-refractivity contribution in [2.24, 2.45) is 0 Å². The number of aromatic nitrogens is 1. The number of halogens is 2. The minimum Gasteiger partial charge on any atom is -0.270 e. The molecule has 26 heavy (non-hydrogen) atoms. The van der Waals surface area contributed by atoms with Gasteiger partial charge in [0, 0.05) is 16.8 Å². The third-order valence-corrected chi connectivity index (χ3v) is 4.82. The van der Waals surface area contributed by atoms with Crippen molar-refractivity contribution in [2.45, 2.75) is 6.54 Å². The fraction of sp³-hybridized carbons (Fsp3) is 0.0500. The number of carbonyl (C=O) groups is 2. The van der Waals surface area contributed by atoms with Crippen molar-refractivity contribution >= 4 is 35.0 Å². The second-order valence-corrected chi connectivity index (χ2v) is 6.73. The number of rotatable bonds is 3. The lowest BCUT2D eigenvalue weighted by Crippen LogP contribution is -2.29. The summed E-state index contributed by atoms with van der Waals surface area (Å²) >= 11 is 12.2. The van der Waals surface area contributed by atoms with Crippen LogP contribution in [0.2, 0.25) is 10.2 Å². The van der Waals surface area contributed by atoms with Gasteiger partial charge in [0.15, 0.2) is 0 Å². The first kappa shape index (κ1) is 16.8. The maximum absolute atomic E-state index is 12.5. The molecule has 0 saturated heterocycles. The Balaban J connectivity index is 1.66. The quantitative estimate of drug-likeness (QED) is 0.480. The number of pyridine rings is 1. The highest BCUT2D eigenvalue weighted by molar-refractivity contribution is 6.32. The first-order chi connectivity index (χ1) is 12.5. The molecule has 0 radical (unpaired) electrons. The molecule has 128 valence electrons. The summed E-state index contributed by atoms with van der Waals surface area (Å²) in [7, 11) is 0. The third kappa shape index (κ3) is 2.87. The summed E-state index contributed by atoms with van der Waals surface area (Å²) < 4.78 is 0. The van der Waals surface area contributed by atoms with Crippen LogP contribution in [0.5, 0.6) is 0 Å². The van der Waals surface area contributed by atoms with E-state index in [9.17, 15) is 9.59 Å². The lowest BCUT2D eigenvalue weighted by Gasteiger charge is -2.15. The Morgan fingerprint density at radius 2 is 1.46 bits per heavy atom. The van der Waals surface area contributed by atoms with Gasteiger partial charge in [0.1, 0.15) is 5.15 Å². The summed E-state index contributed by atoms with van der Waals surface area (Å²) in [5, 5.41) is 0.971. The summed E-state index contributed by atoms with van der Waals surface area (Å²) in [6, 6.07) is 15.9. The molecule has 3 aromatic rings. The molecule has 2 heterocycles. The maximum Gasteiger partial charge on any atom is 0.261 e. The molecule has 6 heteroatoms. The number of hydrogen-bond acceptors (Lipinski definition) is 3. The van der Waals surface area contributed by atoms with Crippen LogP contribution in [0.4, 0.5) is 0 Å². The van der Waals surface area contributed by atoms with Gasteiger partial charge < -0.3 is 0 Å². The van der Waals surface area contributed by atoms with Crippen LogP contribution < -0.4 is 0 Å². The number of amides is 2. The molecule has 0 unspecified atom stereocenters. The smallest absolute Gasteiger partial charge is 0.261 e. The van der Waals surface area contributed by atoms with Gasteiger partial charge in [-0.25, -0.2) is 4.98 Å². The molecule has 0 saturated carbocycles. The topological polar surface area (TPSA) is 50.3 Å². The van der Waals surface area contributed by atoms with Crippen LogP contribution in [0.25, 0.3) is 11.1 Å². The van der Waals surface area contributed by atoms with E-state index in [0.717, 1.165) is 11.1 Å². The molecule has 1 aliphatic rings. The van der Waals surface area contributed by atoms with Gasteiger partial charge >= 0.3 is 0 Å². The molecule has 0 aliphatic carbocycles. The van der Waals surface area contributed by atoms with Crippen molar-refractivity contribution in [1.29, 1.82) is 0 Å². The van der Waals surface area contributed by atoms with Crippen molar-refractivity contribution in [2.75, 3.05) is 0 Å². The van der Waals surface area contributed by atoms with Crippen molar-refractivity contribution in [3.05, 3.63) is 87.7 Å². The fourth-order valence-corrected chi connectivity index (χ4v) is 3.31. The monoisotopic (exact) mass is 382 g/mol. The first-order valence-electron chi connectivity index (χ1n) is 7.90. The van der Waals surface area contributed by atoms with Gasteiger partial charge in [-0.05, 0) is 41.5 Å². The summed E-state index contributed by atoms with van der Waals surface area (Å²) in [6.07, 6.45) is 1.57. The Labute approximate surface area is 160 Å². The first-order valence-corrected chi connectivity index (χ1v) is 8.66. The van der Waals surface area contributed by atoms with Crippen molar-refractivity contribution in [1.82, 2.24) is 9.88 Å². The summed E-state index contributed by atoms with van der Waals surface area (Å²) in [6.45, 7) is 0.136. The standard InChI is InChI=1S/C20H12Cl2N2O2/c21-14-7-5-13(6-8-14)17-9-12(10-23-18(17)22)11-24-19(25)15-3-1-2-4-16(15)20(24)26/h1-10H,11H2. The van der Waals surface area contributed by atoms with E-state index < -0.39 is 0 Å². The van der Waals surface area contributed by atoms with Crippen LogP contribution in [0.15, 0.2) is 60.8 Å². The van der Waals surface area contributed by atoms with E-state index in [2.05, 4.69) is 4.98 Å². The Kier molecular flexibility index (Phi) is 4.23. The Bertz CT molecular complexity index is 997. The van der Waals surface area contributed by atoms with E-state index in [-0.39, 0.29) is 18.4 Å². The zero-order chi connectivity index (χ0) is 18.3. The van der Waals surface area contributed by atoms with Gasteiger partial charge in [-0.15, -0.1) is 0 Å². The van der Waals surface area contributed by atoms with Crippen molar-refractivity contribution < 1.29 is 9.59 Å². The van der Waals surface area contributed by atoms with E-state index >= 15 is 0 Å². The zero-order valence-electron chi connectivity index (χ0n) is 13.4. The number of nitrogens with zero attached hydrogens (tertiary/aromatic N) is 2. The molecule has 1 aliphatic heterocycles. The zero-order valence-corrected chi connectivity index (χ0v) is 15.0. The summed E-state index contributed by atoms with van der Waals surface area (Å²) in [5.74, 6) is -0.595. The summed E-state index contributed by atoms with van der Waals surface area (Å²) in [5.41, 5.74) is 3.15. The Morgan fingerprint density at radius 3 is 2.08 bits per heavy atom. The molecule has 0 bridgehead atoms. The SMILES string of the molecule is O=C1c2ccccc2C(=O)N1Cc1cnc(Cl)c(-c2ccc(Cl)cc2)c1. The normalized spacial score (nSPS) is 13.2. The highest BCUT2D eigenvalue weighted by Crippen LogP contribution is 2.30. The number of imide groups is 1. The van der Waals surface area contributed by atoms with Crippen LogP contribution in [0, 0.1) is 0 Å². The number of fused-ring (bicyclic) bond motifs is 1. The maximum atomic E-state index is 12.5. The van der Waals surface area contributed by atoms with Crippen LogP contribution in [-0.4, -0.2) is 21.7 Å². The van der Waals surface area contributed by atoms with Gasteiger partial charge in [-0.1, -0.05) is 47.5 Å². The largest absolute Gasteiger partial charge is 0.270 e. The van der Waals surface area contributed by atoms with E-state index in [1.165, 1.54) is 4.90 Å². The highest BCUT2D eigenvalue weighted by atomic mass is 35.5. The predicted molar refractivity (Wildman–Crippen MR) is 100 cm³/mol. The van der Waals surface area contributed by atoms with Crippen LogP contribution >= 0.6 is 23.2 Å². The molecule has 0 spiro atoms. The van der Waals surface area contributed by atoms with Gasteiger partial charge in [-0.3, -0.25) is 14.5 Å². The molecular formula is C20H12Cl2N2O2. The van der Waals surface area contributed by atoms with Crippen LogP contribution in [-0.2, 0) is 6.54 Å². The average molecular weight is 383 g/mol. The summed E-state index contributed by atoms with van der Waals surface area (Å²) in [4.78, 5) is 30.5. The molecule has 0 atom stereocenters. The minimum absolute atomic E-state index is 0.136. The second-order valence-electron chi connectivity index (χ2n) is 5.93. The number of hydrogen-bond donors (Lipinski definition) is 0. The fourth-order valence-electron chi connectivity index (χ4n) is 2.98. The minimum atomic E-state index is -0.298. The lowest BCUT2D eigenvalue weighted by molar-refractivity contribution is 0.0642. The third-order valence-electron chi connectivity index (χ3n) is 4.27. The molecule has 0 fully saturated rings. The Hall–Kier alpha value is -2.69. The van der Waals surface area contributed by atoms with E-state index in [1.807, 2.05) is 18.2 Å². The number of carbonyl (C=O) groups excluding carboxylic acids is 2. The predicted octanol–water partition coefficient (Wildman–Crippen LogP) is 4.85. The molecular weight excluding hydrogens is 371 g/mol. The lowest BCUT2D eigenvalue weighted by atomic mass is 10.1. The van der Waals surface area contributed by atoms with Crippen molar-refractivity contribution in [3.63, 3.8) is 0 Å². The van der Waals surface area contributed by atoms with Crippen molar-refractivity contribution in [3.8, 4) is 11.1 Å². The number of benzene rings is 2. The van der Waals surface area contributed by atoms with Gasteiger partial charge in [-0.2, -0.15) is 0 Å². The van der Waals surface area contributed by atoms with Gasteiger partial charge in [0.25, 0.3) is 11.8 Å². The second kappa shape index (κ2) is 6.56. The molecule has 0 N–H and O–H groups in total. The van der Waals surface area contributed by atoms with E-state index in [0.29, 0.717) is 26.9 Å². The van der Waals surface area contributed by atoms with E-state index in [1.54, 1.807) is 42.6 Å². The van der Waals surface area contributed by atoms with Gasteiger partial charge in [0.05, 0.1) is 17.7 Å². The van der Waals surface area contributed by atoms with Gasteiger partial charge in [0.2, 0.25) is 0 Å². The molecule has 2 aromatic carbocycles. The molecule has 4 nitrogen and oxygen atoms in total. The Morgan fingerprint density at radius 1 is 0.846 bits per heavy atom. The van der Waals surface area contributed by atoms with Crippen LogP contribution in [0.1, 0.15) is 26.3 Å². The average Bonchev–Trinajstić information content (AvgIpc) is 2.89. The highest BCUT2D eigenvalue weighted by Gasteiger charge is 2.35. The molecule has 4 rings (SSSR count). The van der Waals surface area contributed by atoms with E-state index in [4.69, 9.17) is 23.2 Å². The van der Waals surface area contributed by atoms with Crippen LogP contribution in [0.3, 0.4) is 0 Å².